The first-order valence-corrected chi connectivity index (χ1v) is 8.93. The molecule has 1 saturated heterocycles. The van der Waals surface area contributed by atoms with Gasteiger partial charge in [0.05, 0.1) is 25.1 Å². The van der Waals surface area contributed by atoms with Gasteiger partial charge in [0, 0.05) is 30.9 Å². The Hall–Kier alpha value is -2.67. The summed E-state index contributed by atoms with van der Waals surface area (Å²) in [5.74, 6) is -0.115. The molecule has 4 rings (SSSR count). The second-order valence-electron chi connectivity index (χ2n) is 6.75. The molecule has 1 amide bonds. The molecule has 0 N–H and O–H groups in total. The van der Waals surface area contributed by atoms with E-state index >= 15 is 0 Å². The summed E-state index contributed by atoms with van der Waals surface area (Å²) in [5.41, 5.74) is 2.61. The Bertz CT molecular complexity index is 873. The number of amides is 1. The Morgan fingerprint density at radius 3 is 2.81 bits per heavy atom. The second-order valence-corrected chi connectivity index (χ2v) is 6.75. The van der Waals surface area contributed by atoms with Gasteiger partial charge in [0.25, 0.3) is 5.56 Å². The number of hydrogen-bond acceptors (Lipinski definition) is 5. The molecule has 3 heterocycles. The van der Waals surface area contributed by atoms with E-state index in [-0.39, 0.29) is 24.1 Å². The van der Waals surface area contributed by atoms with E-state index in [0.29, 0.717) is 13.2 Å². The van der Waals surface area contributed by atoms with E-state index in [2.05, 4.69) is 10.00 Å². The van der Waals surface area contributed by atoms with Gasteiger partial charge in [-0.05, 0) is 25.0 Å². The molecule has 7 nitrogen and oxygen atoms in total. The van der Waals surface area contributed by atoms with Crippen molar-refractivity contribution < 1.29 is 9.53 Å². The summed E-state index contributed by atoms with van der Waals surface area (Å²) >= 11 is 0. The number of morpholine rings is 1. The lowest BCUT2D eigenvalue weighted by Gasteiger charge is -2.28. The lowest BCUT2D eigenvalue weighted by molar-refractivity contribution is -0.119. The van der Waals surface area contributed by atoms with Gasteiger partial charge in [-0.15, -0.1) is 0 Å². The maximum atomic E-state index is 12.8. The van der Waals surface area contributed by atoms with Crippen molar-refractivity contribution in [2.24, 2.45) is 0 Å². The van der Waals surface area contributed by atoms with Crippen molar-refractivity contribution in [1.29, 1.82) is 0 Å². The van der Waals surface area contributed by atoms with E-state index in [1.54, 1.807) is 17.2 Å². The number of para-hydroxylation sites is 1. The minimum absolute atomic E-state index is 0.0547. The molecular weight excluding hydrogens is 332 g/mol. The fourth-order valence-corrected chi connectivity index (χ4v) is 3.69. The summed E-state index contributed by atoms with van der Waals surface area (Å²) < 4.78 is 6.56. The van der Waals surface area contributed by atoms with Crippen molar-refractivity contribution in [2.45, 2.75) is 25.9 Å². The number of nitrogens with zero attached hydrogens (tertiary/aromatic N) is 4. The third-order valence-electron chi connectivity index (χ3n) is 4.99. The number of rotatable bonds is 3. The van der Waals surface area contributed by atoms with Gasteiger partial charge in [-0.1, -0.05) is 18.2 Å². The highest BCUT2D eigenvalue weighted by molar-refractivity contribution is 5.96. The third kappa shape index (κ3) is 3.10. The third-order valence-corrected chi connectivity index (χ3v) is 4.99. The van der Waals surface area contributed by atoms with Gasteiger partial charge in [-0.25, -0.2) is 4.68 Å². The maximum absolute atomic E-state index is 12.8. The molecule has 0 aliphatic carbocycles. The first-order valence-electron chi connectivity index (χ1n) is 8.93. The van der Waals surface area contributed by atoms with Crippen molar-refractivity contribution in [3.63, 3.8) is 0 Å². The fourth-order valence-electron chi connectivity index (χ4n) is 3.69. The first kappa shape index (κ1) is 16.8. The molecule has 2 aromatic rings. The monoisotopic (exact) mass is 354 g/mol. The summed E-state index contributed by atoms with van der Waals surface area (Å²) in [4.78, 5) is 29.1. The standard InChI is InChI=1S/C19H22N4O3/c1-14-10-15-4-2-3-5-17(15)23(14)19(25)13-22-18(24)11-16(12-20-22)21-6-8-26-9-7-21/h2-5,11-12,14H,6-10,13H2,1H3/t14-/m1/s1. The van der Waals surface area contributed by atoms with Crippen LogP contribution in [0.25, 0.3) is 0 Å². The highest BCUT2D eigenvalue weighted by Crippen LogP contribution is 2.31. The molecule has 2 aliphatic heterocycles. The van der Waals surface area contributed by atoms with E-state index in [1.165, 1.54) is 4.68 Å². The Labute approximate surface area is 151 Å². The van der Waals surface area contributed by atoms with Crippen LogP contribution in [0.15, 0.2) is 41.3 Å². The molecule has 1 aromatic heterocycles. The van der Waals surface area contributed by atoms with Gasteiger partial charge < -0.3 is 14.5 Å². The molecule has 136 valence electrons. The minimum Gasteiger partial charge on any atom is -0.378 e. The lowest BCUT2D eigenvalue weighted by atomic mass is 10.1. The van der Waals surface area contributed by atoms with E-state index in [9.17, 15) is 9.59 Å². The van der Waals surface area contributed by atoms with Crippen molar-refractivity contribution in [3.05, 3.63) is 52.4 Å². The van der Waals surface area contributed by atoms with Crippen LogP contribution in [0.1, 0.15) is 12.5 Å². The molecule has 2 aliphatic rings. The van der Waals surface area contributed by atoms with Gasteiger partial charge in [0.2, 0.25) is 5.91 Å². The number of aromatic nitrogens is 2. The van der Waals surface area contributed by atoms with Crippen LogP contribution in [0.3, 0.4) is 0 Å². The normalized spacial score (nSPS) is 19.5. The number of carbonyl (C=O) groups is 1. The van der Waals surface area contributed by atoms with Gasteiger partial charge >= 0.3 is 0 Å². The maximum Gasteiger partial charge on any atom is 0.269 e. The van der Waals surface area contributed by atoms with E-state index in [0.717, 1.165) is 36.4 Å². The average molecular weight is 354 g/mol. The van der Waals surface area contributed by atoms with Crippen LogP contribution in [-0.2, 0) is 22.5 Å². The van der Waals surface area contributed by atoms with Crippen LogP contribution in [0.2, 0.25) is 0 Å². The largest absolute Gasteiger partial charge is 0.378 e. The number of fused-ring (bicyclic) bond motifs is 1. The molecule has 1 fully saturated rings. The topological polar surface area (TPSA) is 67.7 Å². The SMILES string of the molecule is C[C@@H]1Cc2ccccc2N1C(=O)Cn1ncc(N2CCOCC2)cc1=O. The predicted molar refractivity (Wildman–Crippen MR) is 98.6 cm³/mol. The molecule has 0 unspecified atom stereocenters. The van der Waals surface area contributed by atoms with Crippen LogP contribution in [-0.4, -0.2) is 48.0 Å². The van der Waals surface area contributed by atoms with Crippen molar-refractivity contribution in [1.82, 2.24) is 9.78 Å². The van der Waals surface area contributed by atoms with Crippen molar-refractivity contribution in [2.75, 3.05) is 36.1 Å². The Morgan fingerprint density at radius 2 is 2.04 bits per heavy atom. The molecule has 1 atom stereocenters. The summed E-state index contributed by atoms with van der Waals surface area (Å²) in [5, 5.41) is 4.22. The van der Waals surface area contributed by atoms with E-state index in [4.69, 9.17) is 4.74 Å². The molecular formula is C19H22N4O3. The van der Waals surface area contributed by atoms with Crippen LogP contribution in [0.4, 0.5) is 11.4 Å². The van der Waals surface area contributed by atoms with Crippen LogP contribution in [0, 0.1) is 0 Å². The molecule has 0 saturated carbocycles. The smallest absolute Gasteiger partial charge is 0.269 e. The van der Waals surface area contributed by atoms with Crippen LogP contribution in [0.5, 0.6) is 0 Å². The zero-order chi connectivity index (χ0) is 18.1. The average Bonchev–Trinajstić information content (AvgIpc) is 3.00. The summed E-state index contributed by atoms with van der Waals surface area (Å²) in [6.07, 6.45) is 2.49. The molecule has 0 spiro atoms. The number of ether oxygens (including phenoxy) is 1. The Kier molecular flexibility index (Phi) is 4.46. The molecule has 7 heteroatoms. The van der Waals surface area contributed by atoms with Gasteiger partial charge in [-0.3, -0.25) is 9.59 Å². The lowest BCUT2D eigenvalue weighted by Crippen LogP contribution is -2.41. The zero-order valence-corrected chi connectivity index (χ0v) is 14.8. The Balaban J connectivity index is 1.52. The van der Waals surface area contributed by atoms with E-state index < -0.39 is 0 Å². The summed E-state index contributed by atoms with van der Waals surface area (Å²) in [6.45, 7) is 4.75. The van der Waals surface area contributed by atoms with Crippen LogP contribution < -0.4 is 15.4 Å². The summed E-state index contributed by atoms with van der Waals surface area (Å²) in [6, 6.07) is 9.54. The Morgan fingerprint density at radius 1 is 1.27 bits per heavy atom. The second kappa shape index (κ2) is 6.92. The minimum atomic E-state index is -0.262. The highest BCUT2D eigenvalue weighted by Gasteiger charge is 2.30. The van der Waals surface area contributed by atoms with Gasteiger partial charge in [0.15, 0.2) is 0 Å². The molecule has 1 aromatic carbocycles. The highest BCUT2D eigenvalue weighted by atomic mass is 16.5. The number of hydrogen-bond donors (Lipinski definition) is 0. The molecule has 0 radical (unpaired) electrons. The molecule has 0 bridgehead atoms. The van der Waals surface area contributed by atoms with Gasteiger partial charge in [0.1, 0.15) is 6.54 Å². The van der Waals surface area contributed by atoms with Crippen LogP contribution >= 0.6 is 0 Å². The molecule has 26 heavy (non-hydrogen) atoms. The number of anilines is 2. The van der Waals surface area contributed by atoms with E-state index in [1.807, 2.05) is 31.2 Å². The van der Waals surface area contributed by atoms with Crippen molar-refractivity contribution >= 4 is 17.3 Å². The first-order chi connectivity index (χ1) is 12.6. The summed E-state index contributed by atoms with van der Waals surface area (Å²) in [7, 11) is 0. The predicted octanol–water partition coefficient (Wildman–Crippen LogP) is 1.06. The number of benzene rings is 1. The van der Waals surface area contributed by atoms with Crippen molar-refractivity contribution in [3.8, 4) is 0 Å². The quantitative estimate of drug-likeness (QED) is 0.824. The fraction of sp³-hybridized carbons (Fsp3) is 0.421. The van der Waals surface area contributed by atoms with Gasteiger partial charge in [-0.2, -0.15) is 5.10 Å². The zero-order valence-electron chi connectivity index (χ0n) is 14.8. The number of carbonyl (C=O) groups excluding carboxylic acids is 1.